The minimum atomic E-state index is -0.232. The highest BCUT2D eigenvalue weighted by molar-refractivity contribution is 5.19. The van der Waals surface area contributed by atoms with E-state index in [9.17, 15) is 4.39 Å². The second-order valence-electron chi connectivity index (χ2n) is 5.24. The van der Waals surface area contributed by atoms with E-state index >= 15 is 0 Å². The quantitative estimate of drug-likeness (QED) is 0.857. The topological polar surface area (TPSA) is 56.1 Å². The van der Waals surface area contributed by atoms with Crippen LogP contribution in [0.1, 0.15) is 30.5 Å². The fourth-order valence-electron chi connectivity index (χ4n) is 2.65. The summed E-state index contributed by atoms with van der Waals surface area (Å²) >= 11 is 0. The van der Waals surface area contributed by atoms with E-state index in [1.165, 1.54) is 12.1 Å². The van der Waals surface area contributed by atoms with Gasteiger partial charge in [-0.25, -0.2) is 9.07 Å². The summed E-state index contributed by atoms with van der Waals surface area (Å²) in [7, 11) is 1.84. The number of tetrazole rings is 1. The zero-order valence-electron chi connectivity index (χ0n) is 12.1. The van der Waals surface area contributed by atoms with Crippen molar-refractivity contribution in [2.24, 2.45) is 7.05 Å². The summed E-state index contributed by atoms with van der Waals surface area (Å²) in [5.74, 6) is 0.597. The van der Waals surface area contributed by atoms with Gasteiger partial charge in [-0.15, -0.1) is 5.10 Å². The van der Waals surface area contributed by atoms with Crippen LogP contribution >= 0.6 is 0 Å². The van der Waals surface area contributed by atoms with Crippen LogP contribution < -0.4 is 0 Å². The van der Waals surface area contributed by atoms with Crippen LogP contribution in [-0.4, -0.2) is 44.8 Å². The molecule has 21 heavy (non-hydrogen) atoms. The lowest BCUT2D eigenvalue weighted by Crippen LogP contribution is -2.40. The molecule has 112 valence electrons. The highest BCUT2D eigenvalue weighted by Gasteiger charge is 2.28. The predicted molar refractivity (Wildman–Crippen MR) is 73.9 cm³/mol. The van der Waals surface area contributed by atoms with E-state index in [1.807, 2.05) is 7.05 Å². The van der Waals surface area contributed by atoms with Gasteiger partial charge in [0.1, 0.15) is 5.82 Å². The van der Waals surface area contributed by atoms with E-state index in [4.69, 9.17) is 4.74 Å². The third kappa shape index (κ3) is 2.93. The van der Waals surface area contributed by atoms with Crippen LogP contribution in [0.3, 0.4) is 0 Å². The number of morpholine rings is 1. The fourth-order valence-corrected chi connectivity index (χ4v) is 2.65. The third-order valence-corrected chi connectivity index (χ3v) is 3.91. The lowest BCUT2D eigenvalue weighted by Gasteiger charge is -2.36. The largest absolute Gasteiger partial charge is 0.371 e. The van der Waals surface area contributed by atoms with Crippen molar-refractivity contribution in [2.45, 2.75) is 19.1 Å². The first-order chi connectivity index (χ1) is 10.1. The van der Waals surface area contributed by atoms with Crippen molar-refractivity contribution in [2.75, 3.05) is 19.7 Å². The molecule has 2 aromatic rings. The maximum Gasteiger partial charge on any atom is 0.167 e. The lowest BCUT2D eigenvalue weighted by molar-refractivity contribution is -0.0446. The molecular weight excluding hydrogens is 273 g/mol. The summed E-state index contributed by atoms with van der Waals surface area (Å²) in [6.07, 6.45) is -0.0528. The smallest absolute Gasteiger partial charge is 0.167 e. The van der Waals surface area contributed by atoms with Gasteiger partial charge in [0, 0.05) is 20.1 Å². The molecule has 0 amide bonds. The first-order valence-electron chi connectivity index (χ1n) is 6.98. The van der Waals surface area contributed by atoms with E-state index in [2.05, 4.69) is 27.3 Å². The van der Waals surface area contributed by atoms with E-state index in [0.717, 1.165) is 24.5 Å². The second kappa shape index (κ2) is 5.87. The molecule has 1 aliphatic heterocycles. The summed E-state index contributed by atoms with van der Waals surface area (Å²) in [5, 5.41) is 11.6. The van der Waals surface area contributed by atoms with Gasteiger partial charge in [0.25, 0.3) is 0 Å². The Morgan fingerprint density at radius 2 is 2.10 bits per heavy atom. The number of aromatic nitrogens is 4. The van der Waals surface area contributed by atoms with Gasteiger partial charge < -0.3 is 4.74 Å². The lowest BCUT2D eigenvalue weighted by atomic mass is 10.1. The highest BCUT2D eigenvalue weighted by Crippen LogP contribution is 2.27. The van der Waals surface area contributed by atoms with Crippen molar-refractivity contribution in [3.8, 4) is 0 Å². The van der Waals surface area contributed by atoms with Gasteiger partial charge in [-0.1, -0.05) is 12.1 Å². The summed E-state index contributed by atoms with van der Waals surface area (Å²) in [5.41, 5.74) is 0.990. The Kier molecular flexibility index (Phi) is 3.94. The molecule has 2 heterocycles. The van der Waals surface area contributed by atoms with Crippen molar-refractivity contribution in [1.82, 2.24) is 25.1 Å². The van der Waals surface area contributed by atoms with E-state index < -0.39 is 0 Å². The van der Waals surface area contributed by atoms with Crippen LogP contribution in [0.15, 0.2) is 24.3 Å². The Hall–Kier alpha value is -1.86. The fraction of sp³-hybridized carbons (Fsp3) is 0.500. The minimum absolute atomic E-state index is 0.0528. The Morgan fingerprint density at radius 1 is 1.33 bits per heavy atom. The number of halogens is 1. The summed E-state index contributed by atoms with van der Waals surface area (Å²) in [6.45, 7) is 4.28. The average Bonchev–Trinajstić information content (AvgIpc) is 2.93. The van der Waals surface area contributed by atoms with E-state index in [0.29, 0.717) is 6.61 Å². The molecule has 1 aliphatic rings. The van der Waals surface area contributed by atoms with Crippen molar-refractivity contribution < 1.29 is 9.13 Å². The predicted octanol–water partition coefficient (Wildman–Crippen LogP) is 1.48. The molecule has 2 unspecified atom stereocenters. The van der Waals surface area contributed by atoms with Gasteiger partial charge >= 0.3 is 0 Å². The Balaban J connectivity index is 1.74. The van der Waals surface area contributed by atoms with E-state index in [1.54, 1.807) is 16.8 Å². The average molecular weight is 291 g/mol. The number of nitrogens with zero attached hydrogens (tertiary/aromatic N) is 5. The summed E-state index contributed by atoms with van der Waals surface area (Å²) in [6, 6.07) is 6.59. The third-order valence-electron chi connectivity index (χ3n) is 3.91. The van der Waals surface area contributed by atoms with Gasteiger partial charge in [-0.2, -0.15) is 0 Å². The van der Waals surface area contributed by atoms with Crippen molar-refractivity contribution in [3.05, 3.63) is 41.5 Å². The number of ether oxygens (including phenoxy) is 1. The molecule has 3 rings (SSSR count). The van der Waals surface area contributed by atoms with Crippen LogP contribution in [0.2, 0.25) is 0 Å². The molecule has 2 atom stereocenters. The Labute approximate surface area is 122 Å². The number of benzene rings is 1. The highest BCUT2D eigenvalue weighted by atomic mass is 19.1. The van der Waals surface area contributed by atoms with Crippen molar-refractivity contribution in [1.29, 1.82) is 0 Å². The van der Waals surface area contributed by atoms with Crippen LogP contribution in [0, 0.1) is 5.82 Å². The summed E-state index contributed by atoms with van der Waals surface area (Å²) < 4.78 is 20.5. The van der Waals surface area contributed by atoms with Crippen molar-refractivity contribution in [3.63, 3.8) is 0 Å². The van der Waals surface area contributed by atoms with Gasteiger partial charge in [0.05, 0.1) is 18.8 Å². The normalized spacial score (nSPS) is 21.4. The minimum Gasteiger partial charge on any atom is -0.371 e. The molecule has 1 aromatic heterocycles. The van der Waals surface area contributed by atoms with Gasteiger partial charge in [-0.3, -0.25) is 4.90 Å². The number of hydrogen-bond donors (Lipinski definition) is 0. The molecule has 7 heteroatoms. The zero-order valence-corrected chi connectivity index (χ0v) is 12.1. The van der Waals surface area contributed by atoms with Gasteiger partial charge in [0.15, 0.2) is 5.82 Å². The van der Waals surface area contributed by atoms with E-state index in [-0.39, 0.29) is 18.0 Å². The van der Waals surface area contributed by atoms with Crippen molar-refractivity contribution >= 4 is 0 Å². The SMILES string of the molecule is CC(c1nnnn1C)N1CCOC(c2ccc(F)cc2)C1. The first kappa shape index (κ1) is 14.1. The maximum atomic E-state index is 13.0. The molecule has 0 N–H and O–H groups in total. The van der Waals surface area contributed by atoms with Crippen LogP contribution in [0.5, 0.6) is 0 Å². The van der Waals surface area contributed by atoms with Crippen LogP contribution in [0.4, 0.5) is 4.39 Å². The molecular formula is C14H18FN5O. The number of hydrogen-bond acceptors (Lipinski definition) is 5. The molecule has 0 spiro atoms. The molecule has 0 saturated carbocycles. The Bertz CT molecular complexity index is 600. The number of rotatable bonds is 3. The standard InChI is InChI=1S/C14H18FN5O/c1-10(14-16-17-18-19(14)2)20-7-8-21-13(9-20)11-3-5-12(15)6-4-11/h3-6,10,13H,7-9H2,1-2H3. The molecule has 0 bridgehead atoms. The molecule has 6 nitrogen and oxygen atoms in total. The molecule has 1 saturated heterocycles. The molecule has 1 fully saturated rings. The molecule has 0 radical (unpaired) electrons. The second-order valence-corrected chi connectivity index (χ2v) is 5.24. The monoisotopic (exact) mass is 291 g/mol. The van der Waals surface area contributed by atoms with Gasteiger partial charge in [-0.05, 0) is 35.0 Å². The van der Waals surface area contributed by atoms with Gasteiger partial charge in [0.2, 0.25) is 0 Å². The van der Waals surface area contributed by atoms with Crippen LogP contribution in [0.25, 0.3) is 0 Å². The number of aryl methyl sites for hydroxylation is 1. The zero-order chi connectivity index (χ0) is 14.8. The maximum absolute atomic E-state index is 13.0. The Morgan fingerprint density at radius 3 is 2.76 bits per heavy atom. The molecule has 1 aromatic carbocycles. The summed E-state index contributed by atoms with van der Waals surface area (Å²) in [4.78, 5) is 2.28. The molecule has 0 aliphatic carbocycles. The van der Waals surface area contributed by atoms with Crippen LogP contribution in [-0.2, 0) is 11.8 Å². The first-order valence-corrected chi connectivity index (χ1v) is 6.98.